The highest BCUT2D eigenvalue weighted by molar-refractivity contribution is 5.83. The van der Waals surface area contributed by atoms with E-state index in [1.807, 2.05) is 6.92 Å². The van der Waals surface area contributed by atoms with Crippen LogP contribution in [0.4, 0.5) is 0 Å². The Kier molecular flexibility index (Phi) is 70.3. The van der Waals surface area contributed by atoms with E-state index in [1.54, 1.807) is 0 Å². The third-order valence-electron chi connectivity index (χ3n) is 8.89. The van der Waals surface area contributed by atoms with Crippen molar-refractivity contribution in [3.8, 4) is 0 Å². The first-order chi connectivity index (χ1) is 33.9. The van der Waals surface area contributed by atoms with Crippen LogP contribution in [0.15, 0.2) is 0 Å². The van der Waals surface area contributed by atoms with Gasteiger partial charge in [-0.05, 0) is 19.8 Å². The van der Waals surface area contributed by atoms with Crippen molar-refractivity contribution in [3.63, 3.8) is 0 Å². The van der Waals surface area contributed by atoms with E-state index in [2.05, 4.69) is 45.7 Å². The number of amides is 6. The minimum absolute atomic E-state index is 0.00507. The number of aldehydes is 1. The molecule has 9 N–H and O–H groups in total. The van der Waals surface area contributed by atoms with Crippen molar-refractivity contribution in [1.29, 1.82) is 0 Å². The average molecular weight is 1010 g/mol. The number of unbranched alkanes of at least 4 members (excludes halogenated alkanes) is 14. The van der Waals surface area contributed by atoms with E-state index < -0.39 is 23.8 Å². The topological polar surface area (TPSA) is 323 Å². The monoisotopic (exact) mass is 1010 g/mol. The molecule has 6 amide bonds. The smallest absolute Gasteiger partial charge is 0.322 e. The van der Waals surface area contributed by atoms with Crippen LogP contribution < -0.4 is 31.9 Å². The van der Waals surface area contributed by atoms with Crippen molar-refractivity contribution in [2.75, 3.05) is 99.2 Å². The van der Waals surface area contributed by atoms with E-state index in [9.17, 15) is 43.2 Å². The maximum Gasteiger partial charge on any atom is 0.322 e. The van der Waals surface area contributed by atoms with Crippen molar-refractivity contribution < 1.29 is 77.4 Å². The zero-order chi connectivity index (χ0) is 53.6. The Labute approximate surface area is 418 Å². The minimum Gasteiger partial charge on any atom is -0.481 e. The summed E-state index contributed by atoms with van der Waals surface area (Å²) in [6.45, 7) is 12.5. The highest BCUT2D eigenvalue weighted by atomic mass is 16.5. The molecule has 22 nitrogen and oxygen atoms in total. The average Bonchev–Trinajstić information content (AvgIpc) is 3.33. The molecule has 0 spiro atoms. The molecule has 70 heavy (non-hydrogen) atoms. The van der Waals surface area contributed by atoms with Crippen molar-refractivity contribution in [3.05, 3.63) is 0 Å². The summed E-state index contributed by atoms with van der Waals surface area (Å²) in [5.74, 6) is -3.66. The molecule has 0 radical (unpaired) electrons. The molecular formula is C48H94N6O16. The van der Waals surface area contributed by atoms with Gasteiger partial charge in [0, 0.05) is 71.6 Å². The van der Waals surface area contributed by atoms with Crippen LogP contribution in [0.1, 0.15) is 150 Å². The van der Waals surface area contributed by atoms with E-state index in [-0.39, 0.29) is 50.3 Å². The first kappa shape index (κ1) is 74.2. The second kappa shape index (κ2) is 66.3. The Hall–Kier alpha value is -4.77. The predicted molar refractivity (Wildman–Crippen MR) is 267 cm³/mol. The van der Waals surface area contributed by atoms with E-state index >= 15 is 0 Å². The third kappa shape index (κ3) is 74.8. The van der Waals surface area contributed by atoms with Gasteiger partial charge in [0.05, 0.1) is 46.1 Å². The van der Waals surface area contributed by atoms with E-state index in [4.69, 9.17) is 34.3 Å². The number of hydrogen-bond donors (Lipinski definition) is 9. The summed E-state index contributed by atoms with van der Waals surface area (Å²) in [6, 6.07) is 0. The zero-order valence-corrected chi connectivity index (χ0v) is 43.3. The molecule has 0 saturated carbocycles. The molecular weight excluding hydrogens is 917 g/mol. The lowest BCUT2D eigenvalue weighted by atomic mass is 10.0. The van der Waals surface area contributed by atoms with Crippen LogP contribution in [0, 0.1) is 5.92 Å². The Balaban J connectivity index is -0.000000290. The molecule has 0 aromatic rings. The van der Waals surface area contributed by atoms with Crippen molar-refractivity contribution in [2.45, 2.75) is 150 Å². The number of ether oxygens (including phenoxy) is 4. The number of carboxylic acid groups (broad SMARTS) is 2. The quantitative estimate of drug-likeness (QED) is 0.0313. The summed E-state index contributed by atoms with van der Waals surface area (Å²) < 4.78 is 20.6. The summed E-state index contributed by atoms with van der Waals surface area (Å²) >= 11 is 0. The van der Waals surface area contributed by atoms with Gasteiger partial charge in [0.25, 0.3) is 0 Å². The largest absolute Gasteiger partial charge is 0.481 e. The Morgan fingerprint density at radius 1 is 0.486 bits per heavy atom. The number of carbonyl (C=O) groups is 9. The fourth-order valence-corrected chi connectivity index (χ4v) is 5.40. The third-order valence-corrected chi connectivity index (χ3v) is 8.89. The summed E-state index contributed by atoms with van der Waals surface area (Å²) in [6.07, 6.45) is 21.4. The lowest BCUT2D eigenvalue weighted by Crippen LogP contribution is -2.36. The molecule has 1 atom stereocenters. The fourth-order valence-electron chi connectivity index (χ4n) is 5.40. The van der Waals surface area contributed by atoms with Crippen molar-refractivity contribution >= 4 is 54.7 Å². The molecule has 0 aromatic heterocycles. The van der Waals surface area contributed by atoms with Gasteiger partial charge in [-0.15, -0.1) is 0 Å². The minimum atomic E-state index is -1.04. The van der Waals surface area contributed by atoms with Gasteiger partial charge in [-0.25, -0.2) is 0 Å². The number of aliphatic hydroxyl groups is 1. The fraction of sp³-hybridized carbons (Fsp3) is 0.812. The van der Waals surface area contributed by atoms with Crippen LogP contribution in [-0.2, 0) is 62.1 Å². The number of carbonyl (C=O) groups excluding carboxylic acids is 7. The Morgan fingerprint density at radius 2 is 0.943 bits per heavy atom. The number of aliphatic hydroxyl groups excluding tert-OH is 1. The molecule has 0 aliphatic heterocycles. The van der Waals surface area contributed by atoms with Gasteiger partial charge >= 0.3 is 11.9 Å². The number of rotatable bonds is 45. The van der Waals surface area contributed by atoms with Gasteiger partial charge in [-0.3, -0.25) is 38.4 Å². The molecule has 0 heterocycles. The van der Waals surface area contributed by atoms with Gasteiger partial charge in [-0.2, -0.15) is 0 Å². The molecule has 412 valence electrons. The lowest BCUT2D eigenvalue weighted by Gasteiger charge is -2.10. The van der Waals surface area contributed by atoms with Crippen LogP contribution in [0.5, 0.6) is 0 Å². The van der Waals surface area contributed by atoms with E-state index in [0.717, 1.165) is 45.5 Å². The van der Waals surface area contributed by atoms with E-state index in [0.29, 0.717) is 91.7 Å². The van der Waals surface area contributed by atoms with Gasteiger partial charge in [0.1, 0.15) is 19.4 Å². The first-order valence-corrected chi connectivity index (χ1v) is 24.9. The first-order valence-electron chi connectivity index (χ1n) is 24.9. The van der Waals surface area contributed by atoms with Gasteiger partial charge in [0.2, 0.25) is 36.4 Å². The number of nitrogens with one attached hydrogen (secondary N) is 6. The summed E-state index contributed by atoms with van der Waals surface area (Å²) in [7, 11) is 1.00. The molecule has 0 rings (SSSR count). The van der Waals surface area contributed by atoms with Gasteiger partial charge in [-0.1, -0.05) is 104 Å². The van der Waals surface area contributed by atoms with Crippen molar-refractivity contribution in [1.82, 2.24) is 31.9 Å². The maximum absolute atomic E-state index is 11.4. The molecule has 0 aliphatic rings. The Morgan fingerprint density at radius 3 is 1.44 bits per heavy atom. The van der Waals surface area contributed by atoms with Crippen LogP contribution in [-0.4, -0.2) is 169 Å². The Bertz CT molecular complexity index is 1240. The standard InChI is InChI=1S/C20H37NO4.C13H26N2O6.C11H19N3O5.C3H8.CH4O/c22-17-15-13-11-9-7-5-3-1-2-4-6-8-10-12-14-16-19(23)21-18-20(24)25;1-2-18-7-8-20-6-4-15-13(17)11-21-10-9-19-5-3-14-12-16;1-8(6-10(17)18)11(19)14-3-2-9(16)13-5-4-12-7-15;1-3-2;1-2/h17H,1-16,18H2,(H,21,23)(H,24,25);12H,2-11H2,1H3,(H,14,16)(H,15,17);7-8H,2-6H2,1H3,(H,12,15)(H,13,16)(H,14,19)(H,17,18);3H2,1-2H3;2H,1H3. The second-order valence-corrected chi connectivity index (χ2v) is 15.4. The SMILES string of the molecule is CC(CC(=O)O)C(=O)NCCC(=O)NCCNC=O.CCC.CCOCCOCCNC(=O)COCCOCCNC=O.CO.O=CCCCCCCCCCCCCCCCCC(=O)NCC(=O)O. The van der Waals surface area contributed by atoms with Crippen LogP contribution >= 0.6 is 0 Å². The van der Waals surface area contributed by atoms with E-state index in [1.165, 1.54) is 77.6 Å². The van der Waals surface area contributed by atoms with Crippen LogP contribution in [0.2, 0.25) is 0 Å². The number of hydrogen-bond acceptors (Lipinski definition) is 14. The lowest BCUT2D eigenvalue weighted by molar-refractivity contribution is -0.141. The summed E-state index contributed by atoms with van der Waals surface area (Å²) in [5.41, 5.74) is 0. The second-order valence-electron chi connectivity index (χ2n) is 15.4. The van der Waals surface area contributed by atoms with Crippen LogP contribution in [0.3, 0.4) is 0 Å². The van der Waals surface area contributed by atoms with Crippen molar-refractivity contribution in [2.24, 2.45) is 5.92 Å². The van der Waals surface area contributed by atoms with Gasteiger partial charge in [0.15, 0.2) is 0 Å². The molecule has 0 bridgehead atoms. The number of aliphatic carboxylic acids is 2. The molecule has 0 saturated heterocycles. The number of carboxylic acids is 2. The molecule has 1 unspecified atom stereocenters. The highest BCUT2D eigenvalue weighted by Gasteiger charge is 2.16. The maximum atomic E-state index is 11.4. The molecule has 0 aliphatic carbocycles. The highest BCUT2D eigenvalue weighted by Crippen LogP contribution is 2.13. The van der Waals surface area contributed by atoms with Gasteiger partial charge < -0.3 is 71.0 Å². The molecule has 22 heteroatoms. The molecule has 0 fully saturated rings. The normalized spacial score (nSPS) is 10.3. The summed E-state index contributed by atoms with van der Waals surface area (Å²) in [5, 5.41) is 38.9. The summed E-state index contributed by atoms with van der Waals surface area (Å²) in [4.78, 5) is 96.1. The molecule has 0 aromatic carbocycles. The predicted octanol–water partition coefficient (Wildman–Crippen LogP) is 3.05. The zero-order valence-electron chi connectivity index (χ0n) is 43.3. The van der Waals surface area contributed by atoms with Crippen LogP contribution in [0.25, 0.3) is 0 Å².